The van der Waals surface area contributed by atoms with Crippen LogP contribution in [0, 0.1) is 12.7 Å². The highest BCUT2D eigenvalue weighted by molar-refractivity contribution is 5.86. The predicted octanol–water partition coefficient (Wildman–Crippen LogP) is 4.56. The fraction of sp³-hybridized carbons (Fsp3) is 0.158. The Kier molecular flexibility index (Phi) is 3.72. The van der Waals surface area contributed by atoms with E-state index in [1.54, 1.807) is 6.07 Å². The van der Waals surface area contributed by atoms with Gasteiger partial charge in [0, 0.05) is 6.42 Å². The first-order valence-electron chi connectivity index (χ1n) is 7.06. The summed E-state index contributed by atoms with van der Waals surface area (Å²) in [6.45, 7) is 1.94. The summed E-state index contributed by atoms with van der Waals surface area (Å²) in [5.74, 6) is -0.263. The first-order chi connectivity index (χ1) is 10.1. The number of hydrogen-bond donors (Lipinski definition) is 1. The lowest BCUT2D eigenvalue weighted by atomic mass is 9.94. The minimum atomic E-state index is -0.642. The number of aliphatic hydroxyl groups excluding tert-OH is 1. The molecule has 1 unspecified atom stereocenters. The van der Waals surface area contributed by atoms with Crippen molar-refractivity contribution in [1.82, 2.24) is 0 Å². The third-order valence-corrected chi connectivity index (χ3v) is 3.91. The average Bonchev–Trinajstić information content (AvgIpc) is 2.50. The zero-order chi connectivity index (χ0) is 14.8. The molecule has 3 aromatic rings. The topological polar surface area (TPSA) is 20.2 Å². The van der Waals surface area contributed by atoms with Crippen molar-refractivity contribution in [3.05, 3.63) is 83.2 Å². The fourth-order valence-electron chi connectivity index (χ4n) is 2.72. The highest BCUT2D eigenvalue weighted by Crippen LogP contribution is 2.27. The molecule has 0 amide bonds. The van der Waals surface area contributed by atoms with Crippen molar-refractivity contribution in [2.75, 3.05) is 0 Å². The van der Waals surface area contributed by atoms with E-state index < -0.39 is 6.10 Å². The van der Waals surface area contributed by atoms with Crippen molar-refractivity contribution in [3.8, 4) is 0 Å². The highest BCUT2D eigenvalue weighted by atomic mass is 19.1. The fourth-order valence-corrected chi connectivity index (χ4v) is 2.72. The van der Waals surface area contributed by atoms with Crippen LogP contribution in [0.3, 0.4) is 0 Å². The van der Waals surface area contributed by atoms with Crippen LogP contribution < -0.4 is 0 Å². The molecule has 0 radical (unpaired) electrons. The molecule has 0 aliphatic carbocycles. The first kappa shape index (κ1) is 13.8. The second-order valence-electron chi connectivity index (χ2n) is 5.36. The Bertz CT molecular complexity index is 774. The molecule has 3 aromatic carbocycles. The van der Waals surface area contributed by atoms with Crippen molar-refractivity contribution < 1.29 is 9.50 Å². The van der Waals surface area contributed by atoms with Crippen molar-refractivity contribution in [1.29, 1.82) is 0 Å². The van der Waals surface area contributed by atoms with Crippen LogP contribution >= 0.6 is 0 Å². The average molecular weight is 280 g/mol. The number of benzene rings is 3. The molecule has 0 spiro atoms. The summed E-state index contributed by atoms with van der Waals surface area (Å²) in [5, 5.41) is 12.7. The van der Waals surface area contributed by atoms with Crippen LogP contribution in [0.1, 0.15) is 22.8 Å². The Labute approximate surface area is 123 Å². The van der Waals surface area contributed by atoms with E-state index in [0.717, 1.165) is 27.5 Å². The molecule has 0 aliphatic heterocycles. The van der Waals surface area contributed by atoms with Gasteiger partial charge in [-0.05, 0) is 46.5 Å². The standard InChI is InChI=1S/C19H17FO/c1-13-9-10-16(20)11-15(13)12-19(21)18-8-4-6-14-5-2-3-7-17(14)18/h2-11,19,21H,12H2,1H3. The molecule has 21 heavy (non-hydrogen) atoms. The monoisotopic (exact) mass is 280 g/mol. The molecule has 106 valence electrons. The molecule has 0 aromatic heterocycles. The molecule has 0 saturated carbocycles. The quantitative estimate of drug-likeness (QED) is 0.745. The second kappa shape index (κ2) is 5.66. The van der Waals surface area contributed by atoms with Gasteiger partial charge in [0.15, 0.2) is 0 Å². The molecule has 1 N–H and O–H groups in total. The smallest absolute Gasteiger partial charge is 0.123 e. The van der Waals surface area contributed by atoms with Crippen LogP contribution in [0.4, 0.5) is 4.39 Å². The maximum absolute atomic E-state index is 13.4. The second-order valence-corrected chi connectivity index (χ2v) is 5.36. The predicted molar refractivity (Wildman–Crippen MR) is 83.7 cm³/mol. The van der Waals surface area contributed by atoms with Crippen LogP contribution in [0.2, 0.25) is 0 Å². The van der Waals surface area contributed by atoms with Gasteiger partial charge in [-0.2, -0.15) is 0 Å². The lowest BCUT2D eigenvalue weighted by Crippen LogP contribution is -2.04. The SMILES string of the molecule is Cc1ccc(F)cc1CC(O)c1cccc2ccccc12. The van der Waals surface area contributed by atoms with Crippen molar-refractivity contribution >= 4 is 10.8 Å². The first-order valence-corrected chi connectivity index (χ1v) is 7.06. The molecule has 2 heteroatoms. The van der Waals surface area contributed by atoms with Crippen LogP contribution in [0.5, 0.6) is 0 Å². The number of aryl methyl sites for hydroxylation is 1. The number of fused-ring (bicyclic) bond motifs is 1. The summed E-state index contributed by atoms with van der Waals surface area (Å²) in [7, 11) is 0. The summed E-state index contributed by atoms with van der Waals surface area (Å²) in [6, 6.07) is 18.6. The normalized spacial score (nSPS) is 12.5. The van der Waals surface area contributed by atoms with Gasteiger partial charge in [0.2, 0.25) is 0 Å². The van der Waals surface area contributed by atoms with E-state index in [0.29, 0.717) is 6.42 Å². The Morgan fingerprint density at radius 1 is 1.00 bits per heavy atom. The third kappa shape index (κ3) is 2.81. The van der Waals surface area contributed by atoms with Gasteiger partial charge in [0.25, 0.3) is 0 Å². The summed E-state index contributed by atoms with van der Waals surface area (Å²) < 4.78 is 13.4. The van der Waals surface area contributed by atoms with E-state index >= 15 is 0 Å². The minimum absolute atomic E-state index is 0.263. The molecule has 1 nitrogen and oxygen atoms in total. The molecule has 0 heterocycles. The molecular formula is C19H17FO. The number of hydrogen-bond acceptors (Lipinski definition) is 1. The van der Waals surface area contributed by atoms with Gasteiger partial charge >= 0.3 is 0 Å². The van der Waals surface area contributed by atoms with Crippen molar-refractivity contribution in [2.24, 2.45) is 0 Å². The minimum Gasteiger partial charge on any atom is -0.388 e. The van der Waals surface area contributed by atoms with E-state index in [1.807, 2.05) is 49.4 Å². The molecule has 0 aliphatic rings. The van der Waals surface area contributed by atoms with Gasteiger partial charge < -0.3 is 5.11 Å². The van der Waals surface area contributed by atoms with Crippen molar-refractivity contribution in [2.45, 2.75) is 19.4 Å². The maximum Gasteiger partial charge on any atom is 0.123 e. The van der Waals surface area contributed by atoms with Gasteiger partial charge in [0.1, 0.15) is 5.82 Å². The zero-order valence-electron chi connectivity index (χ0n) is 11.9. The molecule has 0 saturated heterocycles. The maximum atomic E-state index is 13.4. The van der Waals surface area contributed by atoms with E-state index in [9.17, 15) is 9.50 Å². The summed E-state index contributed by atoms with van der Waals surface area (Å²) in [6.07, 6.45) is -0.228. The largest absolute Gasteiger partial charge is 0.388 e. The Morgan fingerprint density at radius 3 is 2.62 bits per heavy atom. The lowest BCUT2D eigenvalue weighted by molar-refractivity contribution is 0.179. The summed E-state index contributed by atoms with van der Waals surface area (Å²) >= 11 is 0. The summed E-state index contributed by atoms with van der Waals surface area (Å²) in [4.78, 5) is 0. The van der Waals surface area contributed by atoms with Gasteiger partial charge in [-0.25, -0.2) is 4.39 Å². The van der Waals surface area contributed by atoms with Gasteiger partial charge in [0.05, 0.1) is 6.10 Å². The zero-order valence-corrected chi connectivity index (χ0v) is 11.9. The number of halogens is 1. The molecule has 1 atom stereocenters. The molecular weight excluding hydrogens is 263 g/mol. The van der Waals surface area contributed by atoms with Crippen molar-refractivity contribution in [3.63, 3.8) is 0 Å². The molecule has 0 bridgehead atoms. The van der Waals surface area contributed by atoms with E-state index in [2.05, 4.69) is 0 Å². The number of rotatable bonds is 3. The third-order valence-electron chi connectivity index (χ3n) is 3.91. The molecule has 0 fully saturated rings. The van der Waals surface area contributed by atoms with E-state index in [1.165, 1.54) is 12.1 Å². The van der Waals surface area contributed by atoms with Crippen LogP contribution in [0.25, 0.3) is 10.8 Å². The molecule has 3 rings (SSSR count). The lowest BCUT2D eigenvalue weighted by Gasteiger charge is -2.15. The number of aliphatic hydroxyl groups is 1. The summed E-state index contributed by atoms with van der Waals surface area (Å²) in [5.41, 5.74) is 2.72. The van der Waals surface area contributed by atoms with Crippen LogP contribution in [-0.4, -0.2) is 5.11 Å². The van der Waals surface area contributed by atoms with Gasteiger partial charge in [-0.3, -0.25) is 0 Å². The Balaban J connectivity index is 1.97. The van der Waals surface area contributed by atoms with Gasteiger partial charge in [-0.1, -0.05) is 48.5 Å². The van der Waals surface area contributed by atoms with E-state index in [-0.39, 0.29) is 5.82 Å². The Morgan fingerprint density at radius 2 is 1.76 bits per heavy atom. The highest BCUT2D eigenvalue weighted by Gasteiger charge is 2.13. The van der Waals surface area contributed by atoms with Crippen LogP contribution in [-0.2, 0) is 6.42 Å². The van der Waals surface area contributed by atoms with Gasteiger partial charge in [-0.15, -0.1) is 0 Å². The van der Waals surface area contributed by atoms with E-state index in [4.69, 9.17) is 0 Å². The van der Waals surface area contributed by atoms with Crippen LogP contribution in [0.15, 0.2) is 60.7 Å². The Hall–Kier alpha value is -2.19.